The predicted octanol–water partition coefficient (Wildman–Crippen LogP) is 1.83. The zero-order valence-electron chi connectivity index (χ0n) is 11.1. The molecule has 1 amide bonds. The Hall–Kier alpha value is -1.55. The molecule has 0 aliphatic rings. The normalized spacial score (nSPS) is 12.2. The molecule has 1 aromatic rings. The van der Waals surface area contributed by atoms with Gasteiger partial charge >= 0.3 is 0 Å². The van der Waals surface area contributed by atoms with Crippen LogP contribution in [0, 0.1) is 0 Å². The van der Waals surface area contributed by atoms with Crippen molar-refractivity contribution in [2.24, 2.45) is 5.73 Å². The van der Waals surface area contributed by atoms with E-state index in [2.05, 4.69) is 6.92 Å². The summed E-state index contributed by atoms with van der Waals surface area (Å²) in [6, 6.07) is 7.58. The van der Waals surface area contributed by atoms with Gasteiger partial charge in [-0.25, -0.2) is 0 Å². The molecule has 0 radical (unpaired) electrons. The second-order valence-corrected chi connectivity index (χ2v) is 4.51. The van der Waals surface area contributed by atoms with Crippen LogP contribution in [0.5, 0.6) is 0 Å². The highest BCUT2D eigenvalue weighted by atomic mass is 16.3. The highest BCUT2D eigenvalue weighted by Crippen LogP contribution is 2.19. The Labute approximate surface area is 108 Å². The van der Waals surface area contributed by atoms with Gasteiger partial charge in [-0.2, -0.15) is 0 Å². The maximum atomic E-state index is 11.1. The molecule has 0 aromatic heterocycles. The minimum atomic E-state index is -0.473. The Morgan fingerprint density at radius 2 is 2.00 bits per heavy atom. The molecule has 0 spiro atoms. The van der Waals surface area contributed by atoms with E-state index in [1.807, 2.05) is 29.2 Å². The van der Waals surface area contributed by atoms with E-state index in [0.29, 0.717) is 0 Å². The summed E-state index contributed by atoms with van der Waals surface area (Å²) in [6.07, 6.45) is 1.62. The van der Waals surface area contributed by atoms with Crippen LogP contribution < -0.4 is 10.6 Å². The quantitative estimate of drug-likeness (QED) is 0.776. The number of nitrogens with two attached hydrogens (primary N) is 1. The second-order valence-electron chi connectivity index (χ2n) is 4.51. The van der Waals surface area contributed by atoms with Crippen LogP contribution in [0.15, 0.2) is 24.3 Å². The van der Waals surface area contributed by atoms with Gasteiger partial charge in [-0.15, -0.1) is 0 Å². The number of carbonyl (C=O) groups is 1. The van der Waals surface area contributed by atoms with Crippen molar-refractivity contribution in [2.45, 2.75) is 32.8 Å². The molecule has 0 aliphatic carbocycles. The number of nitrogens with zero attached hydrogens (tertiary/aromatic N) is 1. The van der Waals surface area contributed by atoms with Crippen molar-refractivity contribution in [3.8, 4) is 0 Å². The summed E-state index contributed by atoms with van der Waals surface area (Å²) >= 11 is 0. The Bertz CT molecular complexity index is 374. The standard InChI is InChI=1S/C14H22N2O2/c1-3-4-9-16(10-14(15)18)13-7-5-12(6-8-13)11(2)17/h5-8,11,17H,3-4,9-10H2,1-2H3,(H2,15,18)/t11-/m0/s1. The third-order valence-corrected chi connectivity index (χ3v) is 2.87. The third kappa shape index (κ3) is 4.37. The lowest BCUT2D eigenvalue weighted by molar-refractivity contribution is -0.116. The molecule has 1 aromatic carbocycles. The Morgan fingerprint density at radius 1 is 1.39 bits per heavy atom. The summed E-state index contributed by atoms with van der Waals surface area (Å²) in [4.78, 5) is 13.0. The van der Waals surface area contributed by atoms with Gasteiger partial charge in [0.2, 0.25) is 5.91 Å². The van der Waals surface area contributed by atoms with Crippen LogP contribution in [-0.2, 0) is 4.79 Å². The molecule has 4 heteroatoms. The van der Waals surface area contributed by atoms with Crippen molar-refractivity contribution in [3.63, 3.8) is 0 Å². The Kier molecular flexibility index (Phi) is 5.65. The number of rotatable bonds is 7. The van der Waals surface area contributed by atoms with Gasteiger partial charge in [-0.1, -0.05) is 25.5 Å². The van der Waals surface area contributed by atoms with E-state index in [0.717, 1.165) is 30.6 Å². The zero-order valence-corrected chi connectivity index (χ0v) is 11.1. The van der Waals surface area contributed by atoms with Gasteiger partial charge in [0.25, 0.3) is 0 Å². The average Bonchev–Trinajstić information content (AvgIpc) is 2.34. The molecule has 0 fully saturated rings. The van der Waals surface area contributed by atoms with Crippen molar-refractivity contribution < 1.29 is 9.90 Å². The van der Waals surface area contributed by atoms with Crippen LogP contribution in [-0.4, -0.2) is 24.1 Å². The number of amides is 1. The Balaban J connectivity index is 2.80. The van der Waals surface area contributed by atoms with Crippen molar-refractivity contribution in [1.29, 1.82) is 0 Å². The number of carbonyl (C=O) groups excluding carboxylic acids is 1. The Morgan fingerprint density at radius 3 is 2.44 bits per heavy atom. The maximum Gasteiger partial charge on any atom is 0.236 e. The van der Waals surface area contributed by atoms with Crippen LogP contribution in [0.3, 0.4) is 0 Å². The van der Waals surface area contributed by atoms with E-state index >= 15 is 0 Å². The first kappa shape index (κ1) is 14.5. The number of aliphatic hydroxyl groups is 1. The first-order chi connectivity index (χ1) is 8.54. The van der Waals surface area contributed by atoms with Crippen LogP contribution >= 0.6 is 0 Å². The van der Waals surface area contributed by atoms with Gasteiger partial charge in [0.05, 0.1) is 12.6 Å². The van der Waals surface area contributed by atoms with E-state index < -0.39 is 6.10 Å². The summed E-state index contributed by atoms with van der Waals surface area (Å²) in [5.74, 6) is -0.328. The van der Waals surface area contributed by atoms with Crippen molar-refractivity contribution in [2.75, 3.05) is 18.0 Å². The average molecular weight is 250 g/mol. The molecule has 1 atom stereocenters. The lowest BCUT2D eigenvalue weighted by Crippen LogP contribution is -2.34. The molecule has 100 valence electrons. The first-order valence-corrected chi connectivity index (χ1v) is 6.36. The van der Waals surface area contributed by atoms with Gasteiger partial charge < -0.3 is 15.7 Å². The number of hydrogen-bond acceptors (Lipinski definition) is 3. The fourth-order valence-electron chi connectivity index (χ4n) is 1.80. The molecular weight excluding hydrogens is 228 g/mol. The molecule has 1 rings (SSSR count). The number of hydrogen-bond donors (Lipinski definition) is 2. The zero-order chi connectivity index (χ0) is 13.5. The highest BCUT2D eigenvalue weighted by Gasteiger charge is 2.09. The van der Waals surface area contributed by atoms with Crippen molar-refractivity contribution >= 4 is 11.6 Å². The SMILES string of the molecule is CCCCN(CC(N)=O)c1ccc([C@H](C)O)cc1. The lowest BCUT2D eigenvalue weighted by atomic mass is 10.1. The molecule has 0 unspecified atom stereocenters. The van der Waals surface area contributed by atoms with E-state index in [1.54, 1.807) is 6.92 Å². The molecule has 0 bridgehead atoms. The van der Waals surface area contributed by atoms with Gasteiger partial charge in [-0.3, -0.25) is 4.79 Å². The molecule has 0 aliphatic heterocycles. The first-order valence-electron chi connectivity index (χ1n) is 6.36. The molecule has 0 saturated heterocycles. The summed E-state index contributed by atoms with van der Waals surface area (Å²) in [7, 11) is 0. The lowest BCUT2D eigenvalue weighted by Gasteiger charge is -2.23. The topological polar surface area (TPSA) is 66.6 Å². The summed E-state index contributed by atoms with van der Waals surface area (Å²) in [6.45, 7) is 4.88. The van der Waals surface area contributed by atoms with Gasteiger partial charge in [0.15, 0.2) is 0 Å². The molecule has 3 N–H and O–H groups in total. The van der Waals surface area contributed by atoms with E-state index in [-0.39, 0.29) is 12.5 Å². The number of primary amides is 1. The minimum absolute atomic E-state index is 0.230. The molecular formula is C14H22N2O2. The number of benzene rings is 1. The summed E-state index contributed by atoms with van der Waals surface area (Å²) < 4.78 is 0. The number of anilines is 1. The molecule has 0 saturated carbocycles. The van der Waals surface area contributed by atoms with Crippen molar-refractivity contribution in [1.82, 2.24) is 0 Å². The second kappa shape index (κ2) is 7.01. The monoisotopic (exact) mass is 250 g/mol. The van der Waals surface area contributed by atoms with E-state index in [1.165, 1.54) is 0 Å². The third-order valence-electron chi connectivity index (χ3n) is 2.87. The van der Waals surface area contributed by atoms with Crippen LogP contribution in [0.4, 0.5) is 5.69 Å². The smallest absolute Gasteiger partial charge is 0.236 e. The fraction of sp³-hybridized carbons (Fsp3) is 0.500. The molecule has 0 heterocycles. The summed E-state index contributed by atoms with van der Waals surface area (Å²) in [5, 5.41) is 9.45. The maximum absolute atomic E-state index is 11.1. The van der Waals surface area contributed by atoms with Gasteiger partial charge in [0.1, 0.15) is 0 Å². The summed E-state index contributed by atoms with van der Waals surface area (Å²) in [5.41, 5.74) is 7.09. The number of aliphatic hydroxyl groups excluding tert-OH is 1. The van der Waals surface area contributed by atoms with E-state index in [4.69, 9.17) is 5.73 Å². The van der Waals surface area contributed by atoms with Gasteiger partial charge in [0, 0.05) is 12.2 Å². The fourth-order valence-corrected chi connectivity index (χ4v) is 1.80. The minimum Gasteiger partial charge on any atom is -0.389 e. The van der Waals surface area contributed by atoms with Crippen LogP contribution in [0.25, 0.3) is 0 Å². The molecule has 18 heavy (non-hydrogen) atoms. The van der Waals surface area contributed by atoms with Gasteiger partial charge in [-0.05, 0) is 31.0 Å². The number of unbranched alkanes of at least 4 members (excludes halogenated alkanes) is 1. The van der Waals surface area contributed by atoms with Crippen LogP contribution in [0.2, 0.25) is 0 Å². The van der Waals surface area contributed by atoms with Crippen LogP contribution in [0.1, 0.15) is 38.4 Å². The van der Waals surface area contributed by atoms with E-state index in [9.17, 15) is 9.90 Å². The van der Waals surface area contributed by atoms with Crippen molar-refractivity contribution in [3.05, 3.63) is 29.8 Å². The molecule has 4 nitrogen and oxygen atoms in total. The predicted molar refractivity (Wildman–Crippen MR) is 73.4 cm³/mol. The largest absolute Gasteiger partial charge is 0.389 e. The highest BCUT2D eigenvalue weighted by molar-refractivity contribution is 5.79.